The first-order chi connectivity index (χ1) is 11.0. The van der Waals surface area contributed by atoms with Crippen LogP contribution in [-0.2, 0) is 10.4 Å². The third-order valence-corrected chi connectivity index (χ3v) is 4.42. The summed E-state index contributed by atoms with van der Waals surface area (Å²) in [5.74, 6) is -0.151. The highest BCUT2D eigenvalue weighted by molar-refractivity contribution is 6.32. The SMILES string of the molecule is C/C(=C\C(=O)N1CCC(O)(c2cn[nH]n2)C1)c1ccccc1Cl. The highest BCUT2D eigenvalue weighted by Gasteiger charge is 2.41. The summed E-state index contributed by atoms with van der Waals surface area (Å²) in [6.45, 7) is 2.51. The zero-order chi connectivity index (χ0) is 16.4. The van der Waals surface area contributed by atoms with Crippen molar-refractivity contribution in [2.24, 2.45) is 0 Å². The van der Waals surface area contributed by atoms with E-state index in [1.54, 1.807) is 17.0 Å². The largest absolute Gasteiger partial charge is 0.381 e. The highest BCUT2D eigenvalue weighted by Crippen LogP contribution is 2.31. The first kappa shape index (κ1) is 15.7. The Bertz CT molecular complexity index is 744. The van der Waals surface area contributed by atoms with Crippen LogP contribution in [-0.4, -0.2) is 44.4 Å². The first-order valence-corrected chi connectivity index (χ1v) is 7.68. The van der Waals surface area contributed by atoms with Crippen LogP contribution in [0.3, 0.4) is 0 Å². The lowest BCUT2D eigenvalue weighted by molar-refractivity contribution is -0.126. The van der Waals surface area contributed by atoms with Crippen LogP contribution in [0.1, 0.15) is 24.6 Å². The van der Waals surface area contributed by atoms with E-state index in [0.29, 0.717) is 23.7 Å². The monoisotopic (exact) mass is 332 g/mol. The van der Waals surface area contributed by atoms with Gasteiger partial charge in [0, 0.05) is 24.1 Å². The fourth-order valence-corrected chi connectivity index (χ4v) is 3.04. The van der Waals surface area contributed by atoms with Crippen LogP contribution >= 0.6 is 11.6 Å². The van der Waals surface area contributed by atoms with Crippen LogP contribution < -0.4 is 0 Å². The zero-order valence-corrected chi connectivity index (χ0v) is 13.4. The quantitative estimate of drug-likeness (QED) is 0.842. The topological polar surface area (TPSA) is 82.1 Å². The molecule has 0 spiro atoms. The van der Waals surface area contributed by atoms with Crippen LogP contribution in [0.5, 0.6) is 0 Å². The molecule has 1 unspecified atom stereocenters. The number of benzene rings is 1. The predicted molar refractivity (Wildman–Crippen MR) is 86.6 cm³/mol. The van der Waals surface area contributed by atoms with Crippen molar-refractivity contribution in [2.45, 2.75) is 18.9 Å². The van der Waals surface area contributed by atoms with E-state index in [4.69, 9.17) is 11.6 Å². The van der Waals surface area contributed by atoms with E-state index in [1.165, 1.54) is 6.20 Å². The summed E-state index contributed by atoms with van der Waals surface area (Å²) in [6, 6.07) is 7.39. The number of halogens is 1. The number of aromatic nitrogens is 3. The number of amides is 1. The number of hydrogen-bond acceptors (Lipinski definition) is 4. The third-order valence-electron chi connectivity index (χ3n) is 4.09. The van der Waals surface area contributed by atoms with E-state index in [-0.39, 0.29) is 12.5 Å². The normalized spacial score (nSPS) is 21.7. The lowest BCUT2D eigenvalue weighted by Gasteiger charge is -2.20. The lowest BCUT2D eigenvalue weighted by Crippen LogP contribution is -2.34. The summed E-state index contributed by atoms with van der Waals surface area (Å²) in [4.78, 5) is 14.1. The first-order valence-electron chi connectivity index (χ1n) is 7.30. The molecule has 120 valence electrons. The molecule has 1 aliphatic rings. The lowest BCUT2D eigenvalue weighted by atomic mass is 10.00. The third kappa shape index (κ3) is 3.13. The Labute approximate surface area is 138 Å². The molecular formula is C16H17ClN4O2. The molecule has 6 nitrogen and oxygen atoms in total. The van der Waals surface area contributed by atoms with Crippen molar-refractivity contribution in [3.63, 3.8) is 0 Å². The van der Waals surface area contributed by atoms with Crippen molar-refractivity contribution < 1.29 is 9.90 Å². The molecule has 1 aromatic carbocycles. The minimum absolute atomic E-state index is 0.151. The van der Waals surface area contributed by atoms with Crippen molar-refractivity contribution in [2.75, 3.05) is 13.1 Å². The number of hydrogen-bond donors (Lipinski definition) is 2. The Morgan fingerprint density at radius 2 is 2.26 bits per heavy atom. The molecule has 2 aromatic rings. The van der Waals surface area contributed by atoms with Gasteiger partial charge in [0.1, 0.15) is 11.3 Å². The van der Waals surface area contributed by atoms with Gasteiger partial charge in [-0.3, -0.25) is 4.79 Å². The molecule has 0 aliphatic carbocycles. The molecule has 3 rings (SSSR count). The van der Waals surface area contributed by atoms with Gasteiger partial charge in [0.2, 0.25) is 5.91 Å². The van der Waals surface area contributed by atoms with Gasteiger partial charge in [-0.2, -0.15) is 15.4 Å². The summed E-state index contributed by atoms with van der Waals surface area (Å²) in [5, 5.41) is 21.3. The summed E-state index contributed by atoms with van der Waals surface area (Å²) in [6.07, 6.45) is 3.47. The smallest absolute Gasteiger partial charge is 0.246 e. The maximum atomic E-state index is 12.4. The van der Waals surface area contributed by atoms with E-state index in [9.17, 15) is 9.90 Å². The van der Waals surface area contributed by atoms with Crippen molar-refractivity contribution in [3.8, 4) is 0 Å². The van der Waals surface area contributed by atoms with Crippen molar-refractivity contribution in [1.29, 1.82) is 0 Å². The van der Waals surface area contributed by atoms with Crippen LogP contribution in [0.4, 0.5) is 0 Å². The van der Waals surface area contributed by atoms with Crippen molar-refractivity contribution in [3.05, 3.63) is 52.8 Å². The van der Waals surface area contributed by atoms with E-state index in [2.05, 4.69) is 15.4 Å². The van der Waals surface area contributed by atoms with E-state index in [0.717, 1.165) is 11.1 Å². The number of rotatable bonds is 3. The van der Waals surface area contributed by atoms with Gasteiger partial charge in [-0.15, -0.1) is 0 Å². The Morgan fingerprint density at radius 3 is 2.96 bits per heavy atom. The number of likely N-dealkylation sites (tertiary alicyclic amines) is 1. The molecule has 1 fully saturated rings. The summed E-state index contributed by atoms with van der Waals surface area (Å²) in [5.41, 5.74) is 0.931. The molecule has 1 aliphatic heterocycles. The van der Waals surface area contributed by atoms with Gasteiger partial charge >= 0.3 is 0 Å². The fraction of sp³-hybridized carbons (Fsp3) is 0.312. The standard InChI is InChI=1S/C16H17ClN4O2/c1-11(12-4-2-3-5-13(12)17)8-15(22)21-7-6-16(23,10-21)14-9-18-20-19-14/h2-5,8-9,23H,6-7,10H2,1H3,(H,18,19,20)/b11-8+. The summed E-state index contributed by atoms with van der Waals surface area (Å²) in [7, 11) is 0. The summed E-state index contributed by atoms with van der Waals surface area (Å²) >= 11 is 6.15. The van der Waals surface area contributed by atoms with Gasteiger partial charge in [0.05, 0.1) is 12.7 Å². The minimum Gasteiger partial charge on any atom is -0.381 e. The molecule has 0 bridgehead atoms. The van der Waals surface area contributed by atoms with Gasteiger partial charge in [-0.25, -0.2) is 0 Å². The number of nitrogens with zero attached hydrogens (tertiary/aromatic N) is 3. The van der Waals surface area contributed by atoms with Crippen molar-refractivity contribution >= 4 is 23.1 Å². The molecule has 1 atom stereocenters. The van der Waals surface area contributed by atoms with Gasteiger partial charge < -0.3 is 10.0 Å². The van der Waals surface area contributed by atoms with Gasteiger partial charge in [-0.05, 0) is 24.1 Å². The second-order valence-corrected chi connectivity index (χ2v) is 6.11. The Kier molecular flexibility index (Phi) is 4.19. The molecule has 23 heavy (non-hydrogen) atoms. The Hall–Kier alpha value is -2.18. The molecule has 0 saturated carbocycles. The number of carbonyl (C=O) groups is 1. The maximum Gasteiger partial charge on any atom is 0.246 e. The van der Waals surface area contributed by atoms with E-state index in [1.807, 2.05) is 25.1 Å². The molecule has 0 radical (unpaired) electrons. The molecular weight excluding hydrogens is 316 g/mol. The molecule has 1 saturated heterocycles. The van der Waals surface area contributed by atoms with Gasteiger partial charge in [0.15, 0.2) is 0 Å². The maximum absolute atomic E-state index is 12.4. The number of carbonyl (C=O) groups excluding carboxylic acids is 1. The number of allylic oxidation sites excluding steroid dienone is 1. The number of nitrogens with one attached hydrogen (secondary N) is 1. The molecule has 7 heteroatoms. The molecule has 2 N–H and O–H groups in total. The summed E-state index contributed by atoms with van der Waals surface area (Å²) < 4.78 is 0. The molecule has 1 aromatic heterocycles. The number of β-amino-alcohol motifs (C(OH)–C–C–N with tert-alkyl or cyclic N) is 1. The van der Waals surface area contributed by atoms with E-state index < -0.39 is 5.60 Å². The number of H-pyrrole nitrogens is 1. The van der Waals surface area contributed by atoms with Gasteiger partial charge in [0.25, 0.3) is 0 Å². The number of aliphatic hydroxyl groups is 1. The Balaban J connectivity index is 1.75. The van der Waals surface area contributed by atoms with Crippen LogP contribution in [0.25, 0.3) is 5.57 Å². The predicted octanol–water partition coefficient (Wildman–Crippen LogP) is 1.98. The second kappa shape index (κ2) is 6.14. The molecule has 2 heterocycles. The minimum atomic E-state index is -1.14. The van der Waals surface area contributed by atoms with E-state index >= 15 is 0 Å². The second-order valence-electron chi connectivity index (χ2n) is 5.70. The van der Waals surface area contributed by atoms with Crippen LogP contribution in [0, 0.1) is 0 Å². The number of aromatic amines is 1. The zero-order valence-electron chi connectivity index (χ0n) is 12.7. The highest BCUT2D eigenvalue weighted by atomic mass is 35.5. The molecule has 1 amide bonds. The van der Waals surface area contributed by atoms with Gasteiger partial charge in [-0.1, -0.05) is 29.8 Å². The fourth-order valence-electron chi connectivity index (χ4n) is 2.75. The Morgan fingerprint density at radius 1 is 1.48 bits per heavy atom. The average molecular weight is 333 g/mol. The van der Waals surface area contributed by atoms with Crippen LogP contribution in [0.15, 0.2) is 36.5 Å². The van der Waals surface area contributed by atoms with Crippen molar-refractivity contribution in [1.82, 2.24) is 20.3 Å². The average Bonchev–Trinajstić information content (AvgIpc) is 3.18. The van der Waals surface area contributed by atoms with Crippen LogP contribution in [0.2, 0.25) is 5.02 Å².